The molecule has 0 radical (unpaired) electrons. The van der Waals surface area contributed by atoms with Crippen molar-refractivity contribution in [1.29, 1.82) is 0 Å². The summed E-state index contributed by atoms with van der Waals surface area (Å²) in [5.41, 5.74) is 0.405. The van der Waals surface area contributed by atoms with Crippen LogP contribution in [0.25, 0.3) is 0 Å². The second-order valence-electron chi connectivity index (χ2n) is 7.70. The van der Waals surface area contributed by atoms with Gasteiger partial charge in [-0.2, -0.15) is 0 Å². The van der Waals surface area contributed by atoms with Crippen molar-refractivity contribution in [1.82, 2.24) is 19.4 Å². The van der Waals surface area contributed by atoms with Crippen LogP contribution in [0.5, 0.6) is 0 Å². The summed E-state index contributed by atoms with van der Waals surface area (Å²) in [5.74, 6) is 0.546. The molecule has 2 atom stereocenters. The first kappa shape index (κ1) is 16.6. The van der Waals surface area contributed by atoms with Gasteiger partial charge in [-0.1, -0.05) is 0 Å². The van der Waals surface area contributed by atoms with Crippen molar-refractivity contribution < 1.29 is 14.3 Å². The van der Waals surface area contributed by atoms with Gasteiger partial charge in [-0.25, -0.2) is 4.98 Å². The number of hydrogen-bond acceptors (Lipinski definition) is 4. The maximum absolute atomic E-state index is 13.3. The average molecular weight is 346 g/mol. The molecule has 2 unspecified atom stereocenters. The van der Waals surface area contributed by atoms with Crippen LogP contribution in [0.1, 0.15) is 30.9 Å². The Labute approximate surface area is 147 Å². The predicted octanol–water partition coefficient (Wildman–Crippen LogP) is 0.621. The molecule has 25 heavy (non-hydrogen) atoms. The lowest BCUT2D eigenvalue weighted by Crippen LogP contribution is -2.41. The summed E-state index contributed by atoms with van der Waals surface area (Å²) in [5, 5.41) is 0. The first-order valence-corrected chi connectivity index (χ1v) is 9.10. The van der Waals surface area contributed by atoms with Crippen molar-refractivity contribution in [2.45, 2.75) is 25.2 Å². The highest BCUT2D eigenvalue weighted by Crippen LogP contribution is 2.50. The van der Waals surface area contributed by atoms with E-state index in [0.29, 0.717) is 26.2 Å². The molecule has 0 aromatic carbocycles. The molecular formula is C18H26N4O3. The summed E-state index contributed by atoms with van der Waals surface area (Å²) in [6.45, 7) is 3.03. The monoisotopic (exact) mass is 346 g/mol. The molecule has 2 aliphatic heterocycles. The molecule has 4 rings (SSSR count). The van der Waals surface area contributed by atoms with Gasteiger partial charge in [0.05, 0.1) is 24.0 Å². The van der Waals surface area contributed by atoms with Gasteiger partial charge < -0.3 is 19.1 Å². The Morgan fingerprint density at radius 1 is 1.44 bits per heavy atom. The third-order valence-electron chi connectivity index (χ3n) is 5.97. The molecule has 1 aliphatic carbocycles. The Kier molecular flexibility index (Phi) is 4.06. The summed E-state index contributed by atoms with van der Waals surface area (Å²) in [6.07, 6.45) is 6.53. The normalized spacial score (nSPS) is 29.2. The smallest absolute Gasteiger partial charge is 0.231 e. The summed E-state index contributed by atoms with van der Waals surface area (Å²) in [7, 11) is 3.59. The zero-order valence-corrected chi connectivity index (χ0v) is 15.0. The first-order valence-electron chi connectivity index (χ1n) is 9.10. The van der Waals surface area contributed by atoms with E-state index in [9.17, 15) is 9.59 Å². The van der Waals surface area contributed by atoms with Crippen LogP contribution >= 0.6 is 0 Å². The van der Waals surface area contributed by atoms with E-state index >= 15 is 0 Å². The fourth-order valence-corrected chi connectivity index (χ4v) is 4.40. The van der Waals surface area contributed by atoms with Gasteiger partial charge in [0.1, 0.15) is 0 Å². The van der Waals surface area contributed by atoms with Gasteiger partial charge in [0, 0.05) is 58.4 Å². The molecule has 7 heteroatoms. The number of amides is 2. The van der Waals surface area contributed by atoms with Crippen molar-refractivity contribution >= 4 is 11.8 Å². The largest absolute Gasteiger partial charge is 0.383 e. The lowest BCUT2D eigenvalue weighted by Gasteiger charge is -2.27. The van der Waals surface area contributed by atoms with Crippen molar-refractivity contribution in [3.63, 3.8) is 0 Å². The molecule has 0 bridgehead atoms. The number of nitrogens with zero attached hydrogens (tertiary/aromatic N) is 4. The Balaban J connectivity index is 1.62. The number of aryl methyl sites for hydroxylation is 1. The maximum atomic E-state index is 13.3. The molecule has 3 aliphatic rings. The first-order chi connectivity index (χ1) is 12.0. The van der Waals surface area contributed by atoms with Crippen LogP contribution in [0.2, 0.25) is 0 Å². The van der Waals surface area contributed by atoms with Gasteiger partial charge in [-0.05, 0) is 19.3 Å². The Morgan fingerprint density at radius 3 is 2.88 bits per heavy atom. The zero-order chi connectivity index (χ0) is 17.6. The number of rotatable bonds is 5. The highest BCUT2D eigenvalue weighted by Gasteiger charge is 2.59. The maximum Gasteiger partial charge on any atom is 0.231 e. The van der Waals surface area contributed by atoms with E-state index in [4.69, 9.17) is 4.74 Å². The summed E-state index contributed by atoms with van der Waals surface area (Å²) < 4.78 is 7.06. The standard InChI is InChI=1S/C18H26N4O3/c1-20-10-15(19-12-20)14-9-22(16(23)13-3-4-13)11-18(14)5-6-21(17(18)24)7-8-25-2/h10,12-14H,3-9,11H2,1-2H3. The number of imidazole rings is 1. The van der Waals surface area contributed by atoms with E-state index in [1.807, 2.05) is 27.6 Å². The predicted molar refractivity (Wildman–Crippen MR) is 90.8 cm³/mol. The fourth-order valence-electron chi connectivity index (χ4n) is 4.40. The highest BCUT2D eigenvalue weighted by molar-refractivity contribution is 5.89. The Hall–Kier alpha value is -1.89. The summed E-state index contributed by atoms with van der Waals surface area (Å²) >= 11 is 0. The second kappa shape index (κ2) is 6.12. The van der Waals surface area contributed by atoms with Crippen molar-refractivity contribution in [2.75, 3.05) is 39.9 Å². The second-order valence-corrected chi connectivity index (χ2v) is 7.70. The lowest BCUT2D eigenvalue weighted by molar-refractivity contribution is -0.137. The van der Waals surface area contributed by atoms with E-state index in [-0.39, 0.29) is 23.7 Å². The SMILES string of the molecule is COCCN1CCC2(CN(C(=O)C3CC3)CC2c2cn(C)cn2)C1=O. The highest BCUT2D eigenvalue weighted by atomic mass is 16.5. The van der Waals surface area contributed by atoms with Gasteiger partial charge in [0.15, 0.2) is 0 Å². The van der Waals surface area contributed by atoms with Crippen LogP contribution < -0.4 is 0 Å². The van der Waals surface area contributed by atoms with Crippen LogP contribution in [0.4, 0.5) is 0 Å². The number of ether oxygens (including phenoxy) is 1. The van der Waals surface area contributed by atoms with Crippen LogP contribution in [-0.4, -0.2) is 71.1 Å². The van der Waals surface area contributed by atoms with E-state index in [0.717, 1.165) is 31.5 Å². The third-order valence-corrected chi connectivity index (χ3v) is 5.97. The molecule has 7 nitrogen and oxygen atoms in total. The molecule has 1 saturated carbocycles. The van der Waals surface area contributed by atoms with E-state index in [1.165, 1.54) is 0 Å². The zero-order valence-electron chi connectivity index (χ0n) is 15.0. The van der Waals surface area contributed by atoms with Gasteiger partial charge in [0.2, 0.25) is 11.8 Å². The molecule has 3 heterocycles. The Bertz CT molecular complexity index is 684. The number of aromatic nitrogens is 2. The molecular weight excluding hydrogens is 320 g/mol. The lowest BCUT2D eigenvalue weighted by atomic mass is 9.75. The molecule has 136 valence electrons. The summed E-state index contributed by atoms with van der Waals surface area (Å²) in [6, 6.07) is 0. The summed E-state index contributed by atoms with van der Waals surface area (Å²) in [4.78, 5) is 34.3. The molecule has 1 spiro atoms. The van der Waals surface area contributed by atoms with Crippen LogP contribution in [-0.2, 0) is 21.4 Å². The fraction of sp³-hybridized carbons (Fsp3) is 0.722. The van der Waals surface area contributed by atoms with Gasteiger partial charge >= 0.3 is 0 Å². The van der Waals surface area contributed by atoms with Gasteiger partial charge in [-0.3, -0.25) is 9.59 Å². The van der Waals surface area contributed by atoms with Crippen molar-refractivity contribution in [3.05, 3.63) is 18.2 Å². The average Bonchev–Trinajstić information content (AvgIpc) is 3.15. The Morgan fingerprint density at radius 2 is 2.24 bits per heavy atom. The van der Waals surface area contributed by atoms with Crippen LogP contribution in [0.3, 0.4) is 0 Å². The van der Waals surface area contributed by atoms with Crippen LogP contribution in [0.15, 0.2) is 12.5 Å². The van der Waals surface area contributed by atoms with Crippen LogP contribution in [0, 0.1) is 11.3 Å². The minimum Gasteiger partial charge on any atom is -0.383 e. The third kappa shape index (κ3) is 2.74. The van der Waals surface area contributed by atoms with Crippen molar-refractivity contribution in [3.8, 4) is 0 Å². The number of likely N-dealkylation sites (tertiary alicyclic amines) is 2. The minimum atomic E-state index is -0.521. The molecule has 0 N–H and O–H groups in total. The number of methoxy groups -OCH3 is 1. The topological polar surface area (TPSA) is 67.7 Å². The molecule has 2 saturated heterocycles. The van der Waals surface area contributed by atoms with E-state index in [1.54, 1.807) is 13.4 Å². The quantitative estimate of drug-likeness (QED) is 0.784. The van der Waals surface area contributed by atoms with E-state index in [2.05, 4.69) is 4.98 Å². The number of carbonyl (C=O) groups excluding carboxylic acids is 2. The number of carbonyl (C=O) groups is 2. The van der Waals surface area contributed by atoms with E-state index < -0.39 is 5.41 Å². The number of hydrogen-bond donors (Lipinski definition) is 0. The molecule has 1 aromatic heterocycles. The minimum absolute atomic E-state index is 0.0172. The van der Waals surface area contributed by atoms with Crippen molar-refractivity contribution in [2.24, 2.45) is 18.4 Å². The van der Waals surface area contributed by atoms with Gasteiger partial charge in [-0.15, -0.1) is 0 Å². The molecule has 1 aromatic rings. The molecule has 2 amide bonds. The molecule has 3 fully saturated rings. The van der Waals surface area contributed by atoms with Gasteiger partial charge in [0.25, 0.3) is 0 Å².